The van der Waals surface area contributed by atoms with Crippen LogP contribution >= 0.6 is 0 Å². The number of Topliss-reactive ketones (excluding diaryl/α,β-unsaturated/α-hetero) is 1. The van der Waals surface area contributed by atoms with Crippen LogP contribution < -0.4 is 4.74 Å². The number of carbonyl (C=O) groups is 2. The maximum atomic E-state index is 13.4. The second-order valence-corrected chi connectivity index (χ2v) is 11.3. The standard InChI is InChI=1S/C32H40N2O5/c1-6-18-39-26-13-10-24(21-22(26)2)29(35)27-28(23-8-11-25(12-9-23)32(3,4)5)34(31(37)30(27)36)15-7-14-33-16-19-38-20-17-33/h6,8-13,21,28,35H,1,7,14-20H2,2-5H3/t28-/m0/s1. The van der Waals surface area contributed by atoms with Crippen molar-refractivity contribution in [2.45, 2.75) is 45.6 Å². The maximum absolute atomic E-state index is 13.4. The molecule has 7 nitrogen and oxygen atoms in total. The van der Waals surface area contributed by atoms with Gasteiger partial charge in [-0.2, -0.15) is 0 Å². The van der Waals surface area contributed by atoms with Crippen LogP contribution in [0.5, 0.6) is 5.75 Å². The molecule has 1 N–H and O–H groups in total. The molecule has 2 aromatic carbocycles. The summed E-state index contributed by atoms with van der Waals surface area (Å²) in [6.45, 7) is 16.7. The molecule has 1 amide bonds. The van der Waals surface area contributed by atoms with Gasteiger partial charge in [-0.3, -0.25) is 14.5 Å². The summed E-state index contributed by atoms with van der Waals surface area (Å²) in [6, 6.07) is 12.6. The third kappa shape index (κ3) is 6.43. The summed E-state index contributed by atoms with van der Waals surface area (Å²) in [5.74, 6) is -0.740. The molecule has 2 saturated heterocycles. The van der Waals surface area contributed by atoms with Gasteiger partial charge in [-0.05, 0) is 53.6 Å². The van der Waals surface area contributed by atoms with Gasteiger partial charge >= 0.3 is 0 Å². The van der Waals surface area contributed by atoms with Crippen molar-refractivity contribution in [3.05, 3.63) is 82.9 Å². The van der Waals surface area contributed by atoms with Crippen molar-refractivity contribution in [2.75, 3.05) is 46.0 Å². The molecule has 0 saturated carbocycles. The van der Waals surface area contributed by atoms with Gasteiger partial charge in [-0.1, -0.05) is 57.7 Å². The minimum atomic E-state index is -0.666. The fourth-order valence-corrected chi connectivity index (χ4v) is 5.17. The van der Waals surface area contributed by atoms with Gasteiger partial charge in [-0.25, -0.2) is 0 Å². The maximum Gasteiger partial charge on any atom is 0.295 e. The van der Waals surface area contributed by atoms with Crippen molar-refractivity contribution >= 4 is 17.4 Å². The Labute approximate surface area is 231 Å². The Morgan fingerprint density at radius 1 is 1.10 bits per heavy atom. The molecular weight excluding hydrogens is 492 g/mol. The van der Waals surface area contributed by atoms with Crippen LogP contribution in [0.4, 0.5) is 0 Å². The second kappa shape index (κ2) is 12.2. The van der Waals surface area contributed by atoms with Gasteiger partial charge in [0.25, 0.3) is 11.7 Å². The van der Waals surface area contributed by atoms with Crippen LogP contribution in [0.3, 0.4) is 0 Å². The molecule has 0 aliphatic carbocycles. The summed E-state index contributed by atoms with van der Waals surface area (Å²) in [5.41, 5.74) is 3.33. The number of morpholine rings is 1. The number of nitrogens with zero attached hydrogens (tertiary/aromatic N) is 2. The summed E-state index contributed by atoms with van der Waals surface area (Å²) in [6.07, 6.45) is 2.39. The first kappa shape index (κ1) is 28.6. The highest BCUT2D eigenvalue weighted by Gasteiger charge is 2.46. The number of ether oxygens (including phenoxy) is 2. The van der Waals surface area contributed by atoms with Gasteiger partial charge in [0.2, 0.25) is 0 Å². The van der Waals surface area contributed by atoms with Crippen LogP contribution in [0.1, 0.15) is 55.5 Å². The molecule has 0 aromatic heterocycles. The Hall–Kier alpha value is -3.42. The summed E-state index contributed by atoms with van der Waals surface area (Å²) in [4.78, 5) is 30.7. The summed E-state index contributed by atoms with van der Waals surface area (Å²) in [7, 11) is 0. The van der Waals surface area contributed by atoms with Gasteiger partial charge in [-0.15, -0.1) is 0 Å². The van der Waals surface area contributed by atoms with Gasteiger partial charge in [0.05, 0.1) is 24.8 Å². The lowest BCUT2D eigenvalue weighted by molar-refractivity contribution is -0.140. The lowest BCUT2D eigenvalue weighted by atomic mass is 9.85. The third-order valence-electron chi connectivity index (χ3n) is 7.41. The van der Waals surface area contributed by atoms with Gasteiger partial charge in [0.1, 0.15) is 18.1 Å². The lowest BCUT2D eigenvalue weighted by Crippen LogP contribution is -2.39. The highest BCUT2D eigenvalue weighted by molar-refractivity contribution is 6.46. The number of benzene rings is 2. The van der Waals surface area contributed by atoms with E-state index in [0.717, 1.165) is 42.7 Å². The van der Waals surface area contributed by atoms with E-state index >= 15 is 0 Å². The van der Waals surface area contributed by atoms with Crippen molar-refractivity contribution in [3.63, 3.8) is 0 Å². The molecule has 39 heavy (non-hydrogen) atoms. The highest BCUT2D eigenvalue weighted by Crippen LogP contribution is 2.40. The van der Waals surface area contributed by atoms with Crippen LogP contribution in [-0.2, 0) is 19.7 Å². The highest BCUT2D eigenvalue weighted by atomic mass is 16.5. The number of aryl methyl sites for hydroxylation is 1. The van der Waals surface area contributed by atoms with Gasteiger partial charge < -0.3 is 19.5 Å². The van der Waals surface area contributed by atoms with E-state index in [2.05, 4.69) is 32.3 Å². The first-order chi connectivity index (χ1) is 18.6. The molecular formula is C32H40N2O5. The molecule has 2 aliphatic heterocycles. The fraction of sp³-hybridized carbons (Fsp3) is 0.438. The summed E-state index contributed by atoms with van der Waals surface area (Å²) >= 11 is 0. The number of rotatable bonds is 9. The third-order valence-corrected chi connectivity index (χ3v) is 7.41. The van der Waals surface area contributed by atoms with E-state index in [9.17, 15) is 14.7 Å². The zero-order chi connectivity index (χ0) is 28.2. The van der Waals surface area contributed by atoms with Crippen molar-refractivity contribution in [3.8, 4) is 5.75 Å². The largest absolute Gasteiger partial charge is 0.507 e. The number of aliphatic hydroxyl groups is 1. The van der Waals surface area contributed by atoms with Crippen LogP contribution in [0, 0.1) is 6.92 Å². The van der Waals surface area contributed by atoms with E-state index in [4.69, 9.17) is 9.47 Å². The van der Waals surface area contributed by atoms with E-state index in [1.165, 1.54) is 0 Å². The Morgan fingerprint density at radius 3 is 2.41 bits per heavy atom. The minimum absolute atomic E-state index is 0.0363. The van der Waals surface area contributed by atoms with Crippen molar-refractivity contribution in [1.29, 1.82) is 0 Å². The van der Waals surface area contributed by atoms with E-state index in [1.807, 2.05) is 31.2 Å². The first-order valence-corrected chi connectivity index (χ1v) is 13.7. The van der Waals surface area contributed by atoms with Crippen LogP contribution in [-0.4, -0.2) is 72.6 Å². The molecule has 2 aromatic rings. The van der Waals surface area contributed by atoms with E-state index < -0.39 is 17.7 Å². The minimum Gasteiger partial charge on any atom is -0.507 e. The van der Waals surface area contributed by atoms with Crippen LogP contribution in [0.2, 0.25) is 0 Å². The number of hydrogen-bond donors (Lipinski definition) is 1. The summed E-state index contributed by atoms with van der Waals surface area (Å²) in [5, 5.41) is 11.5. The van der Waals surface area contributed by atoms with Crippen molar-refractivity contribution in [1.82, 2.24) is 9.80 Å². The molecule has 208 valence electrons. The number of aliphatic hydroxyl groups excluding tert-OH is 1. The number of amides is 1. The molecule has 7 heteroatoms. The molecule has 0 spiro atoms. The Bertz CT molecular complexity index is 1240. The van der Waals surface area contributed by atoms with Crippen LogP contribution in [0.15, 0.2) is 60.7 Å². The number of carbonyl (C=O) groups excluding carboxylic acids is 2. The lowest BCUT2D eigenvalue weighted by Gasteiger charge is -2.29. The molecule has 2 heterocycles. The topological polar surface area (TPSA) is 79.3 Å². The quantitative estimate of drug-likeness (QED) is 0.212. The fourth-order valence-electron chi connectivity index (χ4n) is 5.17. The van der Waals surface area contributed by atoms with E-state index in [1.54, 1.807) is 29.2 Å². The van der Waals surface area contributed by atoms with Gasteiger partial charge in [0, 0.05) is 31.7 Å². The first-order valence-electron chi connectivity index (χ1n) is 13.7. The monoisotopic (exact) mass is 532 g/mol. The molecule has 2 fully saturated rings. The molecule has 2 aliphatic rings. The summed E-state index contributed by atoms with van der Waals surface area (Å²) < 4.78 is 11.1. The molecule has 0 radical (unpaired) electrons. The number of hydrogen-bond acceptors (Lipinski definition) is 6. The zero-order valence-electron chi connectivity index (χ0n) is 23.5. The number of ketones is 1. The zero-order valence-corrected chi connectivity index (χ0v) is 23.5. The normalized spacial score (nSPS) is 19.9. The van der Waals surface area contributed by atoms with Crippen molar-refractivity contribution in [2.24, 2.45) is 0 Å². The van der Waals surface area contributed by atoms with E-state index in [0.29, 0.717) is 37.7 Å². The molecule has 0 bridgehead atoms. The Kier molecular flexibility index (Phi) is 8.93. The SMILES string of the molecule is C=CCOc1ccc(C(O)=C2C(=O)C(=O)N(CCCN3CCOCC3)[C@H]2c2ccc(C(C)(C)C)cc2)cc1C. The molecule has 0 unspecified atom stereocenters. The average Bonchev–Trinajstić information content (AvgIpc) is 3.17. The molecule has 4 rings (SSSR count). The Morgan fingerprint density at radius 2 is 1.79 bits per heavy atom. The predicted octanol–water partition coefficient (Wildman–Crippen LogP) is 5.00. The average molecular weight is 533 g/mol. The smallest absolute Gasteiger partial charge is 0.295 e. The van der Waals surface area contributed by atoms with Crippen LogP contribution in [0.25, 0.3) is 5.76 Å². The van der Waals surface area contributed by atoms with Crippen molar-refractivity contribution < 1.29 is 24.2 Å². The predicted molar refractivity (Wildman–Crippen MR) is 153 cm³/mol. The van der Waals surface area contributed by atoms with E-state index in [-0.39, 0.29) is 16.7 Å². The molecule has 1 atom stereocenters. The number of likely N-dealkylation sites (tertiary alicyclic amines) is 1. The second-order valence-electron chi connectivity index (χ2n) is 11.3. The Balaban J connectivity index is 1.70. The van der Waals surface area contributed by atoms with Gasteiger partial charge in [0.15, 0.2) is 0 Å².